The molecule has 0 atom stereocenters. The number of rotatable bonds is 4. The molecular weight excluding hydrogens is 210 g/mol. The van der Waals surface area contributed by atoms with E-state index in [1.54, 1.807) is 6.20 Å². The van der Waals surface area contributed by atoms with Crippen molar-refractivity contribution in [2.24, 2.45) is 0 Å². The van der Waals surface area contributed by atoms with E-state index < -0.39 is 0 Å². The fourth-order valence-electron chi connectivity index (χ4n) is 1.43. The van der Waals surface area contributed by atoms with Crippen LogP contribution in [0.15, 0.2) is 18.3 Å². The molecule has 0 unspecified atom stereocenters. The van der Waals surface area contributed by atoms with E-state index in [1.807, 2.05) is 12.1 Å². The van der Waals surface area contributed by atoms with E-state index in [0.29, 0.717) is 24.2 Å². The quantitative estimate of drug-likeness (QED) is 0.737. The summed E-state index contributed by atoms with van der Waals surface area (Å²) in [5, 5.41) is 9.06. The lowest BCUT2D eigenvalue weighted by Crippen LogP contribution is -2.31. The van der Waals surface area contributed by atoms with Gasteiger partial charge in [0.2, 0.25) is 0 Å². The molecule has 0 radical (unpaired) electrons. The number of anilines is 1. The Morgan fingerprint density at radius 3 is 2.87 bits per heavy atom. The molecule has 80 valence electrons. The van der Waals surface area contributed by atoms with Crippen LogP contribution in [-0.4, -0.2) is 17.6 Å². The van der Waals surface area contributed by atoms with Gasteiger partial charge < -0.3 is 4.90 Å². The molecule has 0 saturated heterocycles. The number of hydrogen-bond acceptors (Lipinski definition) is 3. The SMILES string of the molecule is CC(C)N(CCC#N)c1ccnc(Cl)c1. The van der Waals surface area contributed by atoms with E-state index in [2.05, 4.69) is 29.8 Å². The van der Waals surface area contributed by atoms with Crippen molar-refractivity contribution in [1.29, 1.82) is 5.26 Å². The van der Waals surface area contributed by atoms with Crippen LogP contribution in [0, 0.1) is 11.3 Å². The van der Waals surface area contributed by atoms with Gasteiger partial charge in [-0.3, -0.25) is 0 Å². The standard InChI is InChI=1S/C11H14ClN3/c1-9(2)15(7-3-5-13)10-4-6-14-11(12)8-10/h4,6,8-9H,3,7H2,1-2H3. The molecule has 1 heterocycles. The first-order valence-corrected chi connectivity index (χ1v) is 5.28. The maximum absolute atomic E-state index is 8.58. The highest BCUT2D eigenvalue weighted by atomic mass is 35.5. The summed E-state index contributed by atoms with van der Waals surface area (Å²) >= 11 is 5.82. The normalized spacial score (nSPS) is 10.1. The van der Waals surface area contributed by atoms with E-state index in [4.69, 9.17) is 16.9 Å². The monoisotopic (exact) mass is 223 g/mol. The molecule has 4 heteroatoms. The number of nitriles is 1. The van der Waals surface area contributed by atoms with Gasteiger partial charge in [0.25, 0.3) is 0 Å². The predicted molar refractivity (Wildman–Crippen MR) is 62.0 cm³/mol. The van der Waals surface area contributed by atoms with Crippen molar-refractivity contribution in [2.75, 3.05) is 11.4 Å². The summed E-state index contributed by atoms with van der Waals surface area (Å²) in [4.78, 5) is 6.07. The lowest BCUT2D eigenvalue weighted by atomic mass is 10.2. The fraction of sp³-hybridized carbons (Fsp3) is 0.455. The zero-order valence-electron chi connectivity index (χ0n) is 8.94. The van der Waals surface area contributed by atoms with Crippen LogP contribution < -0.4 is 4.90 Å². The maximum Gasteiger partial charge on any atom is 0.131 e. The molecule has 0 bridgehead atoms. The van der Waals surface area contributed by atoms with E-state index in [0.717, 1.165) is 5.69 Å². The van der Waals surface area contributed by atoms with E-state index in [-0.39, 0.29) is 0 Å². The first-order valence-electron chi connectivity index (χ1n) is 4.90. The fourth-order valence-corrected chi connectivity index (χ4v) is 1.59. The Morgan fingerprint density at radius 2 is 2.33 bits per heavy atom. The van der Waals surface area contributed by atoms with Crippen LogP contribution in [0.5, 0.6) is 0 Å². The van der Waals surface area contributed by atoms with Crippen molar-refractivity contribution in [3.05, 3.63) is 23.5 Å². The third-order valence-corrected chi connectivity index (χ3v) is 2.34. The average Bonchev–Trinajstić information content (AvgIpc) is 2.18. The summed E-state index contributed by atoms with van der Waals surface area (Å²) in [6.07, 6.45) is 2.19. The Bertz CT molecular complexity index is 357. The summed E-state index contributed by atoms with van der Waals surface area (Å²) < 4.78 is 0. The molecule has 1 aromatic heterocycles. The Hall–Kier alpha value is -1.27. The highest BCUT2D eigenvalue weighted by Gasteiger charge is 2.10. The van der Waals surface area contributed by atoms with Crippen molar-refractivity contribution >= 4 is 17.3 Å². The maximum atomic E-state index is 8.58. The van der Waals surface area contributed by atoms with Crippen LogP contribution in [-0.2, 0) is 0 Å². The highest BCUT2D eigenvalue weighted by Crippen LogP contribution is 2.19. The molecule has 0 amide bonds. The second-order valence-corrected chi connectivity index (χ2v) is 3.92. The lowest BCUT2D eigenvalue weighted by Gasteiger charge is -2.28. The van der Waals surface area contributed by atoms with E-state index in [1.165, 1.54) is 0 Å². The van der Waals surface area contributed by atoms with Gasteiger partial charge in [-0.2, -0.15) is 5.26 Å². The van der Waals surface area contributed by atoms with Gasteiger partial charge >= 0.3 is 0 Å². The minimum atomic E-state index is 0.344. The predicted octanol–water partition coefficient (Wildman–Crippen LogP) is 2.86. The molecule has 3 nitrogen and oxygen atoms in total. The third kappa shape index (κ3) is 3.41. The van der Waals surface area contributed by atoms with Crippen LogP contribution in [0.25, 0.3) is 0 Å². The number of aromatic nitrogens is 1. The zero-order chi connectivity index (χ0) is 11.3. The summed E-state index contributed by atoms with van der Waals surface area (Å²) in [6, 6.07) is 6.22. The first-order chi connectivity index (χ1) is 7.15. The van der Waals surface area contributed by atoms with Gasteiger partial charge in [-0.1, -0.05) is 11.6 Å². The molecule has 0 aliphatic carbocycles. The van der Waals surface area contributed by atoms with Gasteiger partial charge in [-0.15, -0.1) is 0 Å². The smallest absolute Gasteiger partial charge is 0.131 e. The zero-order valence-corrected chi connectivity index (χ0v) is 9.70. The van der Waals surface area contributed by atoms with Crippen molar-refractivity contribution in [3.63, 3.8) is 0 Å². The average molecular weight is 224 g/mol. The first kappa shape index (κ1) is 11.8. The van der Waals surface area contributed by atoms with Crippen molar-refractivity contribution in [3.8, 4) is 6.07 Å². The molecule has 0 spiro atoms. The van der Waals surface area contributed by atoms with Crippen molar-refractivity contribution < 1.29 is 0 Å². The number of pyridine rings is 1. The molecule has 0 aliphatic rings. The molecule has 0 aromatic carbocycles. The van der Waals surface area contributed by atoms with Crippen LogP contribution >= 0.6 is 11.6 Å². The Labute approximate surface area is 95.3 Å². The second kappa shape index (κ2) is 5.57. The molecular formula is C11H14ClN3. The number of halogens is 1. The molecule has 0 N–H and O–H groups in total. The van der Waals surface area contributed by atoms with Gasteiger partial charge in [-0.25, -0.2) is 4.98 Å². The Morgan fingerprint density at radius 1 is 1.60 bits per heavy atom. The largest absolute Gasteiger partial charge is 0.368 e. The molecule has 1 aromatic rings. The van der Waals surface area contributed by atoms with E-state index in [9.17, 15) is 0 Å². The summed E-state index contributed by atoms with van der Waals surface area (Å²) in [6.45, 7) is 4.89. The van der Waals surface area contributed by atoms with Gasteiger partial charge in [-0.05, 0) is 26.0 Å². The van der Waals surface area contributed by atoms with Crippen molar-refractivity contribution in [1.82, 2.24) is 4.98 Å². The number of hydrogen-bond donors (Lipinski definition) is 0. The molecule has 0 aliphatic heterocycles. The highest BCUT2D eigenvalue weighted by molar-refractivity contribution is 6.29. The molecule has 0 fully saturated rings. The second-order valence-electron chi connectivity index (χ2n) is 3.53. The van der Waals surface area contributed by atoms with Gasteiger partial charge in [0, 0.05) is 24.5 Å². The van der Waals surface area contributed by atoms with Crippen LogP contribution in [0.2, 0.25) is 5.15 Å². The summed E-state index contributed by atoms with van der Waals surface area (Å²) in [5.41, 5.74) is 1.01. The Balaban J connectivity index is 2.84. The summed E-state index contributed by atoms with van der Waals surface area (Å²) in [5.74, 6) is 0. The Kier molecular flexibility index (Phi) is 4.38. The minimum Gasteiger partial charge on any atom is -0.368 e. The van der Waals surface area contributed by atoms with Gasteiger partial charge in [0.05, 0.1) is 12.5 Å². The van der Waals surface area contributed by atoms with Crippen LogP contribution in [0.4, 0.5) is 5.69 Å². The summed E-state index contributed by atoms with van der Waals surface area (Å²) in [7, 11) is 0. The number of nitrogens with zero attached hydrogens (tertiary/aromatic N) is 3. The molecule has 15 heavy (non-hydrogen) atoms. The topological polar surface area (TPSA) is 39.9 Å². The lowest BCUT2D eigenvalue weighted by molar-refractivity contribution is 0.686. The van der Waals surface area contributed by atoms with Crippen LogP contribution in [0.3, 0.4) is 0 Å². The van der Waals surface area contributed by atoms with E-state index >= 15 is 0 Å². The van der Waals surface area contributed by atoms with Crippen LogP contribution in [0.1, 0.15) is 20.3 Å². The molecule has 1 rings (SSSR count). The van der Waals surface area contributed by atoms with Gasteiger partial charge in [0.15, 0.2) is 0 Å². The van der Waals surface area contributed by atoms with Gasteiger partial charge in [0.1, 0.15) is 5.15 Å². The third-order valence-electron chi connectivity index (χ3n) is 2.13. The molecule has 0 saturated carbocycles. The minimum absolute atomic E-state index is 0.344. The van der Waals surface area contributed by atoms with Crippen molar-refractivity contribution in [2.45, 2.75) is 26.3 Å².